The summed E-state index contributed by atoms with van der Waals surface area (Å²) in [5, 5.41) is 38.0. The summed E-state index contributed by atoms with van der Waals surface area (Å²) in [7, 11) is 0. The van der Waals surface area contributed by atoms with Gasteiger partial charge in [0.15, 0.2) is 6.23 Å². The van der Waals surface area contributed by atoms with Gasteiger partial charge in [-0.25, -0.2) is 15.8 Å². The molecule has 0 radical (unpaired) electrons. The lowest BCUT2D eigenvalue weighted by Crippen LogP contribution is -2.59. The van der Waals surface area contributed by atoms with Crippen LogP contribution in [-0.2, 0) is 4.74 Å². The number of hydrogen-bond donors (Lipinski definition) is 4. The van der Waals surface area contributed by atoms with Gasteiger partial charge in [0, 0.05) is 6.42 Å². The van der Waals surface area contributed by atoms with E-state index in [2.05, 4.69) is 15.1 Å². The molecule has 6 atom stereocenters. The van der Waals surface area contributed by atoms with Crippen LogP contribution in [0.4, 0.5) is 0 Å². The van der Waals surface area contributed by atoms with Gasteiger partial charge in [-0.3, -0.25) is 10.0 Å². The number of hydrogen-bond acceptors (Lipinski definition) is 10. The first-order valence-corrected chi connectivity index (χ1v) is 7.97. The van der Waals surface area contributed by atoms with Crippen LogP contribution < -0.4 is 5.84 Å². The van der Waals surface area contributed by atoms with Crippen LogP contribution in [0.15, 0.2) is 15.1 Å². The number of amidine groups is 2. The summed E-state index contributed by atoms with van der Waals surface area (Å²) in [5.74, 6) is 7.33. The number of rotatable bonds is 2. The quantitative estimate of drug-likeness (QED) is 0.420. The van der Waals surface area contributed by atoms with Gasteiger partial charge >= 0.3 is 0 Å². The lowest BCUT2D eigenvalue weighted by atomic mass is 9.77. The van der Waals surface area contributed by atoms with Crippen molar-refractivity contribution in [2.45, 2.75) is 50.3 Å². The highest BCUT2D eigenvalue weighted by atomic mass is 16.6. The van der Waals surface area contributed by atoms with Gasteiger partial charge in [0.05, 0.1) is 24.6 Å². The average molecular weight is 338 g/mol. The maximum absolute atomic E-state index is 10.8. The summed E-state index contributed by atoms with van der Waals surface area (Å²) < 4.78 is 5.70. The molecule has 2 bridgehead atoms. The Bertz CT molecular complexity index is 649. The molecule has 0 aromatic carbocycles. The standard InChI is InChI=1S/C14H22N6O4/c1-7-14-3-9(19(15)5-14)18-20(11(14)17-6-16-7)12-13(2,23)10(22)8(4-21)24-12/h6-8,10,12,21-23H,3-5,15H2,1-2H3/t7?,8-,10-,12-,13-,14?/m1/s1. The van der Waals surface area contributed by atoms with Crippen LogP contribution in [0.2, 0.25) is 0 Å². The normalized spacial score (nSPS) is 46.9. The molecule has 10 nitrogen and oxygen atoms in total. The van der Waals surface area contributed by atoms with Crippen molar-refractivity contribution in [3.63, 3.8) is 0 Å². The number of ether oxygens (including phenoxy) is 1. The van der Waals surface area contributed by atoms with Crippen molar-refractivity contribution in [2.24, 2.45) is 26.3 Å². The van der Waals surface area contributed by atoms with E-state index >= 15 is 0 Å². The van der Waals surface area contributed by atoms with E-state index in [4.69, 9.17) is 10.6 Å². The van der Waals surface area contributed by atoms with Crippen molar-refractivity contribution in [1.29, 1.82) is 0 Å². The number of fused-ring (bicyclic) bond motifs is 1. The van der Waals surface area contributed by atoms with E-state index in [0.29, 0.717) is 24.6 Å². The minimum Gasteiger partial charge on any atom is -0.394 e. The fourth-order valence-corrected chi connectivity index (χ4v) is 3.97. The second-order valence-electron chi connectivity index (χ2n) is 7.09. The predicted molar refractivity (Wildman–Crippen MR) is 85.0 cm³/mol. The molecule has 24 heavy (non-hydrogen) atoms. The number of nitrogens with zero attached hydrogens (tertiary/aromatic N) is 5. The zero-order valence-electron chi connectivity index (χ0n) is 13.6. The van der Waals surface area contributed by atoms with Gasteiger partial charge in [0.1, 0.15) is 35.8 Å². The third kappa shape index (κ3) is 1.85. The van der Waals surface area contributed by atoms with Crippen molar-refractivity contribution < 1.29 is 20.1 Å². The number of hydrazine groups is 1. The van der Waals surface area contributed by atoms with Crippen molar-refractivity contribution in [3.8, 4) is 0 Å². The zero-order valence-corrected chi connectivity index (χ0v) is 13.6. The number of hydrazone groups is 1. The first-order chi connectivity index (χ1) is 11.3. The minimum atomic E-state index is -1.63. The molecular weight excluding hydrogens is 316 g/mol. The van der Waals surface area contributed by atoms with Crippen molar-refractivity contribution in [2.75, 3.05) is 13.2 Å². The fourth-order valence-electron chi connectivity index (χ4n) is 3.97. The molecule has 4 aliphatic heterocycles. The molecule has 4 aliphatic rings. The molecular formula is C14H22N6O4. The molecule has 2 fully saturated rings. The lowest BCUT2D eigenvalue weighted by Gasteiger charge is -2.43. The maximum Gasteiger partial charge on any atom is 0.183 e. The molecule has 2 unspecified atom stereocenters. The molecule has 1 spiro atoms. The first kappa shape index (κ1) is 15.9. The summed E-state index contributed by atoms with van der Waals surface area (Å²) in [6.45, 7) is 3.56. The Balaban J connectivity index is 1.79. The Morgan fingerprint density at radius 3 is 2.92 bits per heavy atom. The number of nitrogens with two attached hydrogens (primary N) is 1. The summed E-state index contributed by atoms with van der Waals surface area (Å²) in [4.78, 5) is 8.79. The fraction of sp³-hybridized carbons (Fsp3) is 0.786. The maximum atomic E-state index is 10.8. The molecule has 132 valence electrons. The van der Waals surface area contributed by atoms with Crippen molar-refractivity contribution in [3.05, 3.63) is 0 Å². The molecule has 5 N–H and O–H groups in total. The van der Waals surface area contributed by atoms with Gasteiger partial charge < -0.3 is 20.1 Å². The second-order valence-corrected chi connectivity index (χ2v) is 7.09. The summed E-state index contributed by atoms with van der Waals surface area (Å²) in [6, 6.07) is -0.0588. The largest absolute Gasteiger partial charge is 0.394 e. The van der Waals surface area contributed by atoms with E-state index in [0.717, 1.165) is 0 Å². The Morgan fingerprint density at radius 2 is 2.25 bits per heavy atom. The lowest BCUT2D eigenvalue weighted by molar-refractivity contribution is -0.115. The van der Waals surface area contributed by atoms with Crippen LogP contribution in [-0.4, -0.2) is 86.6 Å². The van der Waals surface area contributed by atoms with E-state index in [1.54, 1.807) is 5.01 Å². The molecule has 0 aromatic heterocycles. The highest BCUT2D eigenvalue weighted by Crippen LogP contribution is 2.46. The van der Waals surface area contributed by atoms with Gasteiger partial charge in [0.2, 0.25) is 0 Å². The molecule has 0 aromatic rings. The molecule has 4 heterocycles. The first-order valence-electron chi connectivity index (χ1n) is 7.97. The van der Waals surface area contributed by atoms with Crippen LogP contribution in [0.5, 0.6) is 0 Å². The predicted octanol–water partition coefficient (Wildman–Crippen LogP) is -2.16. The smallest absolute Gasteiger partial charge is 0.183 e. The molecule has 10 heteroatoms. The minimum absolute atomic E-state index is 0.0588. The van der Waals surface area contributed by atoms with Crippen LogP contribution in [0.1, 0.15) is 20.3 Å². The molecule has 0 saturated carbocycles. The van der Waals surface area contributed by atoms with E-state index < -0.39 is 36.1 Å². The van der Waals surface area contributed by atoms with Crippen LogP contribution in [0.25, 0.3) is 0 Å². The Labute approximate surface area is 138 Å². The van der Waals surface area contributed by atoms with Crippen molar-refractivity contribution >= 4 is 18.0 Å². The van der Waals surface area contributed by atoms with E-state index in [-0.39, 0.29) is 6.04 Å². The van der Waals surface area contributed by atoms with E-state index in [1.807, 2.05) is 6.92 Å². The topological polar surface area (TPSA) is 140 Å². The third-order valence-corrected chi connectivity index (χ3v) is 5.57. The average Bonchev–Trinajstić information content (AvgIpc) is 2.93. The van der Waals surface area contributed by atoms with E-state index in [9.17, 15) is 15.3 Å². The third-order valence-electron chi connectivity index (χ3n) is 5.57. The van der Waals surface area contributed by atoms with Crippen LogP contribution in [0, 0.1) is 5.41 Å². The second kappa shape index (κ2) is 4.96. The number of aliphatic imine (C=N–C) groups is 2. The zero-order chi connectivity index (χ0) is 17.3. The van der Waals surface area contributed by atoms with Crippen LogP contribution >= 0.6 is 0 Å². The molecule has 0 amide bonds. The van der Waals surface area contributed by atoms with E-state index in [1.165, 1.54) is 18.3 Å². The monoisotopic (exact) mass is 338 g/mol. The van der Waals surface area contributed by atoms with Gasteiger partial charge in [-0.2, -0.15) is 5.10 Å². The Hall–Kier alpha value is -1.59. The van der Waals surface area contributed by atoms with Gasteiger partial charge in [0.25, 0.3) is 0 Å². The number of aliphatic hydroxyl groups is 3. The number of aliphatic hydroxyl groups excluding tert-OH is 2. The Kier molecular flexibility index (Phi) is 3.29. The van der Waals surface area contributed by atoms with Crippen molar-refractivity contribution in [1.82, 2.24) is 10.0 Å². The van der Waals surface area contributed by atoms with Gasteiger partial charge in [-0.05, 0) is 13.8 Å². The summed E-state index contributed by atoms with van der Waals surface area (Å²) in [6.07, 6.45) is -1.04. The molecule has 0 aliphatic carbocycles. The Morgan fingerprint density at radius 1 is 1.50 bits per heavy atom. The van der Waals surface area contributed by atoms with Gasteiger partial charge in [-0.1, -0.05) is 0 Å². The molecule has 4 rings (SSSR count). The molecule has 2 saturated heterocycles. The summed E-state index contributed by atoms with van der Waals surface area (Å²) >= 11 is 0. The highest BCUT2D eigenvalue weighted by Gasteiger charge is 2.61. The summed E-state index contributed by atoms with van der Waals surface area (Å²) in [5.41, 5.74) is -2.07. The highest BCUT2D eigenvalue weighted by molar-refractivity contribution is 6.04. The van der Waals surface area contributed by atoms with Gasteiger partial charge in [-0.15, -0.1) is 0 Å². The SMILES string of the molecule is CC1N=CN=C2N([C@@H]3O[C@H](CO)[C@@H](O)[C@@]3(C)O)N=C3CC21CN3N. The van der Waals surface area contributed by atoms with Crippen LogP contribution in [0.3, 0.4) is 0 Å².